The third-order valence-corrected chi connectivity index (χ3v) is 4.07. The van der Waals surface area contributed by atoms with Crippen molar-refractivity contribution in [1.29, 1.82) is 0 Å². The van der Waals surface area contributed by atoms with Crippen molar-refractivity contribution < 1.29 is 9.53 Å². The van der Waals surface area contributed by atoms with Gasteiger partial charge < -0.3 is 10.5 Å². The van der Waals surface area contributed by atoms with Crippen molar-refractivity contribution in [2.75, 3.05) is 6.61 Å². The molecule has 5 heteroatoms. The number of hydrogen-bond donors (Lipinski definition) is 1. The molecule has 0 aliphatic rings. The molecule has 0 spiro atoms. The Bertz CT molecular complexity index is 399. The van der Waals surface area contributed by atoms with Crippen LogP contribution in [-0.2, 0) is 16.7 Å². The molecule has 1 unspecified atom stereocenters. The van der Waals surface area contributed by atoms with Crippen molar-refractivity contribution in [3.05, 3.63) is 15.6 Å². The summed E-state index contributed by atoms with van der Waals surface area (Å²) in [6.45, 7) is 8.09. The summed E-state index contributed by atoms with van der Waals surface area (Å²) in [5, 5.41) is 0.805. The Labute approximate surface area is 106 Å². The molecule has 96 valence electrons. The van der Waals surface area contributed by atoms with Crippen LogP contribution in [0.2, 0.25) is 0 Å². The predicted molar refractivity (Wildman–Crippen MR) is 69.3 cm³/mol. The van der Waals surface area contributed by atoms with Gasteiger partial charge in [0.25, 0.3) is 0 Å². The summed E-state index contributed by atoms with van der Waals surface area (Å²) in [4.78, 5) is 16.8. The summed E-state index contributed by atoms with van der Waals surface area (Å²) >= 11 is 1.35. The minimum Gasteiger partial charge on any atom is -0.462 e. The predicted octanol–water partition coefficient (Wildman–Crippen LogP) is 2.47. The molecule has 0 bridgehead atoms. The van der Waals surface area contributed by atoms with Crippen molar-refractivity contribution in [2.45, 2.75) is 46.1 Å². The first kappa shape index (κ1) is 14.1. The third kappa shape index (κ3) is 3.04. The number of thiazole rings is 1. The van der Waals surface area contributed by atoms with E-state index >= 15 is 0 Å². The molecular weight excluding hydrogens is 236 g/mol. The van der Waals surface area contributed by atoms with Gasteiger partial charge >= 0.3 is 5.97 Å². The minimum absolute atomic E-state index is 0.292. The maximum Gasteiger partial charge on any atom is 0.350 e. The molecule has 0 saturated carbocycles. The van der Waals surface area contributed by atoms with Crippen LogP contribution in [0.1, 0.15) is 54.5 Å². The van der Waals surface area contributed by atoms with Gasteiger partial charge in [0.15, 0.2) is 0 Å². The zero-order chi connectivity index (χ0) is 13.1. The molecule has 17 heavy (non-hydrogen) atoms. The number of aryl methyl sites for hydroxylation is 1. The van der Waals surface area contributed by atoms with Crippen LogP contribution < -0.4 is 5.73 Å². The van der Waals surface area contributed by atoms with Crippen molar-refractivity contribution in [3.8, 4) is 0 Å². The molecule has 1 aromatic rings. The van der Waals surface area contributed by atoms with Gasteiger partial charge in [0, 0.05) is 0 Å². The second-order valence-electron chi connectivity index (χ2n) is 4.14. The van der Waals surface area contributed by atoms with Gasteiger partial charge in [-0.25, -0.2) is 9.78 Å². The Morgan fingerprint density at radius 2 is 2.12 bits per heavy atom. The largest absolute Gasteiger partial charge is 0.462 e. The third-order valence-electron chi connectivity index (χ3n) is 2.72. The smallest absolute Gasteiger partial charge is 0.350 e. The van der Waals surface area contributed by atoms with E-state index in [2.05, 4.69) is 4.98 Å². The summed E-state index contributed by atoms with van der Waals surface area (Å²) < 4.78 is 5.02. The van der Waals surface area contributed by atoms with Crippen LogP contribution in [-0.4, -0.2) is 17.6 Å². The fraction of sp³-hybridized carbons (Fsp3) is 0.667. The molecule has 0 fully saturated rings. The highest BCUT2D eigenvalue weighted by Crippen LogP contribution is 2.29. The van der Waals surface area contributed by atoms with Crippen LogP contribution in [0.3, 0.4) is 0 Å². The van der Waals surface area contributed by atoms with E-state index in [0.29, 0.717) is 17.9 Å². The number of carbonyl (C=O) groups excluding carboxylic acids is 1. The van der Waals surface area contributed by atoms with E-state index in [0.717, 1.165) is 17.1 Å². The van der Waals surface area contributed by atoms with Crippen molar-refractivity contribution in [3.63, 3.8) is 0 Å². The molecule has 1 atom stereocenters. The second-order valence-corrected chi connectivity index (χ2v) is 5.14. The molecule has 0 saturated heterocycles. The standard InChI is InChI=1S/C12H20N2O2S/c1-5-8-9(10(15)16-7-3)17-11(14-8)12(4,13)6-2/h5-7,13H2,1-4H3. The number of ether oxygens (including phenoxy) is 1. The van der Waals surface area contributed by atoms with Crippen molar-refractivity contribution in [2.24, 2.45) is 5.73 Å². The van der Waals surface area contributed by atoms with Gasteiger partial charge in [-0.3, -0.25) is 0 Å². The molecule has 1 aromatic heterocycles. The van der Waals surface area contributed by atoms with Crippen LogP contribution in [0, 0.1) is 0 Å². The lowest BCUT2D eigenvalue weighted by molar-refractivity contribution is 0.0530. The molecule has 0 radical (unpaired) electrons. The molecule has 0 aromatic carbocycles. The molecule has 1 rings (SSSR count). The van der Waals surface area contributed by atoms with E-state index in [9.17, 15) is 4.79 Å². The van der Waals surface area contributed by atoms with Crippen LogP contribution in [0.15, 0.2) is 0 Å². The Morgan fingerprint density at radius 1 is 1.47 bits per heavy atom. The summed E-state index contributed by atoms with van der Waals surface area (Å²) in [6.07, 6.45) is 1.50. The van der Waals surface area contributed by atoms with Gasteiger partial charge in [0.1, 0.15) is 9.88 Å². The van der Waals surface area contributed by atoms with Gasteiger partial charge in [0.05, 0.1) is 17.8 Å². The Hall–Kier alpha value is -0.940. The van der Waals surface area contributed by atoms with Gasteiger partial charge in [0.2, 0.25) is 0 Å². The summed E-state index contributed by atoms with van der Waals surface area (Å²) in [6, 6.07) is 0. The first-order chi connectivity index (χ1) is 7.96. The van der Waals surface area contributed by atoms with Crippen LogP contribution in [0.4, 0.5) is 0 Å². The SMILES string of the molecule is CCOC(=O)c1sc(C(C)(N)CC)nc1CC. The number of nitrogens with zero attached hydrogens (tertiary/aromatic N) is 1. The highest BCUT2D eigenvalue weighted by molar-refractivity contribution is 7.13. The summed E-state index contributed by atoms with van der Waals surface area (Å²) in [5.41, 5.74) is 6.46. The van der Waals surface area contributed by atoms with Gasteiger partial charge in [-0.1, -0.05) is 13.8 Å². The summed E-state index contributed by atoms with van der Waals surface area (Å²) in [7, 11) is 0. The first-order valence-electron chi connectivity index (χ1n) is 5.92. The topological polar surface area (TPSA) is 65.2 Å². The number of carbonyl (C=O) groups is 1. The molecule has 2 N–H and O–H groups in total. The van der Waals surface area contributed by atoms with E-state index in [-0.39, 0.29) is 5.97 Å². The highest BCUT2D eigenvalue weighted by atomic mass is 32.1. The first-order valence-corrected chi connectivity index (χ1v) is 6.74. The van der Waals surface area contributed by atoms with Crippen molar-refractivity contribution in [1.82, 2.24) is 4.98 Å². The molecule has 0 aliphatic heterocycles. The lowest BCUT2D eigenvalue weighted by Crippen LogP contribution is -2.31. The number of esters is 1. The zero-order valence-electron chi connectivity index (χ0n) is 10.9. The zero-order valence-corrected chi connectivity index (χ0v) is 11.7. The second kappa shape index (κ2) is 5.60. The van der Waals surface area contributed by atoms with Crippen LogP contribution >= 0.6 is 11.3 Å². The number of rotatable bonds is 5. The Kier molecular flexibility index (Phi) is 4.65. The van der Waals surface area contributed by atoms with E-state index in [1.54, 1.807) is 6.92 Å². The Morgan fingerprint density at radius 3 is 2.59 bits per heavy atom. The van der Waals surface area contributed by atoms with E-state index in [1.165, 1.54) is 11.3 Å². The quantitative estimate of drug-likeness (QED) is 0.822. The molecule has 0 amide bonds. The average Bonchev–Trinajstić information content (AvgIpc) is 2.74. The molecule has 4 nitrogen and oxygen atoms in total. The molecule has 0 aliphatic carbocycles. The average molecular weight is 256 g/mol. The lowest BCUT2D eigenvalue weighted by Gasteiger charge is -2.18. The normalized spacial score (nSPS) is 14.4. The van der Waals surface area contributed by atoms with Gasteiger partial charge in [-0.05, 0) is 26.7 Å². The van der Waals surface area contributed by atoms with Gasteiger partial charge in [-0.2, -0.15) is 0 Å². The number of hydrogen-bond acceptors (Lipinski definition) is 5. The minimum atomic E-state index is -0.473. The highest BCUT2D eigenvalue weighted by Gasteiger charge is 2.27. The van der Waals surface area contributed by atoms with Crippen LogP contribution in [0.5, 0.6) is 0 Å². The lowest BCUT2D eigenvalue weighted by atomic mass is 10.0. The van der Waals surface area contributed by atoms with E-state index in [1.807, 2.05) is 20.8 Å². The maximum atomic E-state index is 11.8. The number of aromatic nitrogens is 1. The fourth-order valence-corrected chi connectivity index (χ4v) is 2.52. The van der Waals surface area contributed by atoms with Crippen LogP contribution in [0.25, 0.3) is 0 Å². The number of nitrogens with two attached hydrogens (primary N) is 1. The molecular formula is C12H20N2O2S. The monoisotopic (exact) mass is 256 g/mol. The van der Waals surface area contributed by atoms with E-state index < -0.39 is 5.54 Å². The van der Waals surface area contributed by atoms with E-state index in [4.69, 9.17) is 10.5 Å². The molecule has 1 heterocycles. The Balaban J connectivity index is 3.11. The maximum absolute atomic E-state index is 11.8. The fourth-order valence-electron chi connectivity index (χ4n) is 1.34. The van der Waals surface area contributed by atoms with Gasteiger partial charge in [-0.15, -0.1) is 11.3 Å². The summed E-state index contributed by atoms with van der Waals surface area (Å²) in [5.74, 6) is -0.292. The van der Waals surface area contributed by atoms with Crippen molar-refractivity contribution >= 4 is 17.3 Å².